The summed E-state index contributed by atoms with van der Waals surface area (Å²) in [5.41, 5.74) is 2.72. The highest BCUT2D eigenvalue weighted by atomic mass is 16.2. The van der Waals surface area contributed by atoms with Crippen LogP contribution in [0.25, 0.3) is 10.9 Å². The summed E-state index contributed by atoms with van der Waals surface area (Å²) in [5, 5.41) is 7.43. The van der Waals surface area contributed by atoms with Crippen LogP contribution in [0.5, 0.6) is 0 Å². The third-order valence-electron chi connectivity index (χ3n) is 3.59. The molecule has 1 saturated heterocycles. The van der Waals surface area contributed by atoms with Crippen LogP contribution in [-0.2, 0) is 0 Å². The van der Waals surface area contributed by atoms with Gasteiger partial charge >= 0.3 is 0 Å². The van der Waals surface area contributed by atoms with Gasteiger partial charge in [-0.15, -0.1) is 0 Å². The SMILES string of the molecule is Cc1c(C(=O)N[C@@H]2CCNC2)[nH]c2ccccc12. The van der Waals surface area contributed by atoms with Gasteiger partial charge in [0.15, 0.2) is 0 Å². The van der Waals surface area contributed by atoms with Gasteiger partial charge in [-0.1, -0.05) is 18.2 Å². The molecular formula is C14H17N3O. The minimum atomic E-state index is -0.00241. The van der Waals surface area contributed by atoms with E-state index in [1.54, 1.807) is 0 Å². The molecule has 1 aliphatic heterocycles. The first kappa shape index (κ1) is 11.3. The molecule has 0 spiro atoms. The van der Waals surface area contributed by atoms with Crippen molar-refractivity contribution in [2.45, 2.75) is 19.4 Å². The number of amides is 1. The fourth-order valence-electron chi connectivity index (χ4n) is 2.54. The number of rotatable bonds is 2. The van der Waals surface area contributed by atoms with Crippen LogP contribution in [0.2, 0.25) is 0 Å². The Morgan fingerprint density at radius 2 is 2.22 bits per heavy atom. The van der Waals surface area contributed by atoms with Crippen LogP contribution in [-0.4, -0.2) is 30.0 Å². The lowest BCUT2D eigenvalue weighted by Crippen LogP contribution is -2.36. The summed E-state index contributed by atoms with van der Waals surface area (Å²) in [4.78, 5) is 15.4. The predicted molar refractivity (Wildman–Crippen MR) is 71.8 cm³/mol. The average Bonchev–Trinajstić information content (AvgIpc) is 2.98. The van der Waals surface area contributed by atoms with Crippen LogP contribution < -0.4 is 10.6 Å². The van der Waals surface area contributed by atoms with Gasteiger partial charge in [0, 0.05) is 23.5 Å². The molecule has 0 unspecified atom stereocenters. The van der Waals surface area contributed by atoms with E-state index in [0.29, 0.717) is 5.69 Å². The van der Waals surface area contributed by atoms with Crippen LogP contribution in [0.15, 0.2) is 24.3 Å². The number of aromatic amines is 1. The molecule has 0 bridgehead atoms. The third-order valence-corrected chi connectivity index (χ3v) is 3.59. The van der Waals surface area contributed by atoms with Crippen LogP contribution in [0, 0.1) is 6.92 Å². The van der Waals surface area contributed by atoms with Crippen LogP contribution in [0.3, 0.4) is 0 Å². The minimum absolute atomic E-state index is 0.00241. The second-order valence-electron chi connectivity index (χ2n) is 4.83. The molecule has 1 fully saturated rings. The molecule has 18 heavy (non-hydrogen) atoms. The monoisotopic (exact) mass is 243 g/mol. The number of hydrogen-bond donors (Lipinski definition) is 3. The maximum atomic E-state index is 12.2. The normalized spacial score (nSPS) is 19.3. The van der Waals surface area contributed by atoms with Gasteiger partial charge in [0.25, 0.3) is 5.91 Å². The number of H-pyrrole nitrogens is 1. The van der Waals surface area contributed by atoms with Gasteiger partial charge in [-0.2, -0.15) is 0 Å². The highest BCUT2D eigenvalue weighted by Gasteiger charge is 2.20. The molecule has 1 amide bonds. The van der Waals surface area contributed by atoms with Gasteiger partial charge in [-0.05, 0) is 31.5 Å². The number of nitrogens with one attached hydrogen (secondary N) is 3. The van der Waals surface area contributed by atoms with Crippen LogP contribution in [0.1, 0.15) is 22.5 Å². The summed E-state index contributed by atoms with van der Waals surface area (Å²) >= 11 is 0. The number of para-hydroxylation sites is 1. The smallest absolute Gasteiger partial charge is 0.268 e. The summed E-state index contributed by atoms with van der Waals surface area (Å²) in [5.74, 6) is -0.00241. The molecule has 4 nitrogen and oxygen atoms in total. The van der Waals surface area contributed by atoms with Gasteiger partial charge in [0.1, 0.15) is 5.69 Å². The van der Waals surface area contributed by atoms with Gasteiger partial charge in [0.05, 0.1) is 0 Å². The standard InChI is InChI=1S/C14H17N3O/c1-9-11-4-2-3-5-12(11)17-13(9)14(18)16-10-6-7-15-8-10/h2-5,10,15,17H,6-8H2,1H3,(H,16,18)/t10-/m1/s1. The lowest BCUT2D eigenvalue weighted by molar-refractivity contribution is 0.0935. The minimum Gasteiger partial charge on any atom is -0.350 e. The molecule has 94 valence electrons. The molecule has 2 heterocycles. The summed E-state index contributed by atoms with van der Waals surface area (Å²) in [6, 6.07) is 8.25. The molecule has 4 heteroatoms. The number of carbonyl (C=O) groups excluding carboxylic acids is 1. The van der Waals surface area contributed by atoms with Crippen LogP contribution >= 0.6 is 0 Å². The fourth-order valence-corrected chi connectivity index (χ4v) is 2.54. The van der Waals surface area contributed by atoms with Crippen molar-refractivity contribution in [3.63, 3.8) is 0 Å². The molecule has 3 rings (SSSR count). The molecule has 0 aliphatic carbocycles. The maximum Gasteiger partial charge on any atom is 0.268 e. The zero-order valence-corrected chi connectivity index (χ0v) is 10.4. The number of aryl methyl sites for hydroxylation is 1. The van der Waals surface area contributed by atoms with Crippen molar-refractivity contribution in [1.82, 2.24) is 15.6 Å². The van der Waals surface area contributed by atoms with Gasteiger partial charge < -0.3 is 15.6 Å². The lowest BCUT2D eigenvalue weighted by atomic mass is 10.1. The summed E-state index contributed by atoms with van der Waals surface area (Å²) in [6.45, 7) is 3.84. The van der Waals surface area contributed by atoms with E-state index in [0.717, 1.165) is 36.0 Å². The quantitative estimate of drug-likeness (QED) is 0.750. The van der Waals surface area contributed by atoms with E-state index in [2.05, 4.69) is 15.6 Å². The summed E-state index contributed by atoms with van der Waals surface area (Å²) in [6.07, 6.45) is 1.00. The van der Waals surface area contributed by atoms with Gasteiger partial charge in [-0.25, -0.2) is 0 Å². The molecule has 1 aliphatic rings. The maximum absolute atomic E-state index is 12.2. The Kier molecular flexibility index (Phi) is 2.80. The largest absolute Gasteiger partial charge is 0.350 e. The van der Waals surface area contributed by atoms with Crippen molar-refractivity contribution in [1.29, 1.82) is 0 Å². The van der Waals surface area contributed by atoms with Gasteiger partial charge in [0.2, 0.25) is 0 Å². The zero-order chi connectivity index (χ0) is 12.5. The zero-order valence-electron chi connectivity index (χ0n) is 10.4. The highest BCUT2D eigenvalue weighted by Crippen LogP contribution is 2.21. The number of fused-ring (bicyclic) bond motifs is 1. The Balaban J connectivity index is 1.88. The molecule has 1 aromatic carbocycles. The van der Waals surface area contributed by atoms with Gasteiger partial charge in [-0.3, -0.25) is 4.79 Å². The van der Waals surface area contributed by atoms with E-state index in [-0.39, 0.29) is 11.9 Å². The molecule has 0 saturated carbocycles. The third kappa shape index (κ3) is 1.88. The molecule has 1 atom stereocenters. The Bertz CT molecular complexity index is 582. The number of hydrogen-bond acceptors (Lipinski definition) is 2. The lowest BCUT2D eigenvalue weighted by Gasteiger charge is -2.10. The van der Waals surface area contributed by atoms with E-state index in [9.17, 15) is 4.79 Å². The van der Waals surface area contributed by atoms with Crippen molar-refractivity contribution in [3.8, 4) is 0 Å². The Morgan fingerprint density at radius 3 is 2.94 bits per heavy atom. The second kappa shape index (κ2) is 4.46. The Hall–Kier alpha value is -1.81. The van der Waals surface area contributed by atoms with E-state index in [1.807, 2.05) is 31.2 Å². The highest BCUT2D eigenvalue weighted by molar-refractivity contribution is 6.00. The molecule has 0 radical (unpaired) electrons. The van der Waals surface area contributed by atoms with E-state index in [4.69, 9.17) is 0 Å². The van der Waals surface area contributed by atoms with Crippen molar-refractivity contribution < 1.29 is 4.79 Å². The number of benzene rings is 1. The second-order valence-corrected chi connectivity index (χ2v) is 4.83. The fraction of sp³-hybridized carbons (Fsp3) is 0.357. The number of carbonyl (C=O) groups is 1. The van der Waals surface area contributed by atoms with Crippen LogP contribution in [0.4, 0.5) is 0 Å². The average molecular weight is 243 g/mol. The van der Waals surface area contributed by atoms with Crippen molar-refractivity contribution >= 4 is 16.8 Å². The first-order valence-corrected chi connectivity index (χ1v) is 6.34. The molecule has 3 N–H and O–H groups in total. The Labute approximate surface area is 106 Å². The van der Waals surface area contributed by atoms with E-state index in [1.165, 1.54) is 0 Å². The molecule has 1 aromatic heterocycles. The van der Waals surface area contributed by atoms with E-state index >= 15 is 0 Å². The van der Waals surface area contributed by atoms with Crippen molar-refractivity contribution in [2.75, 3.05) is 13.1 Å². The van der Waals surface area contributed by atoms with E-state index < -0.39 is 0 Å². The first-order valence-electron chi connectivity index (χ1n) is 6.34. The van der Waals surface area contributed by atoms with Crippen molar-refractivity contribution in [2.24, 2.45) is 0 Å². The predicted octanol–water partition coefficient (Wildman–Crippen LogP) is 1.57. The molecular weight excluding hydrogens is 226 g/mol. The first-order chi connectivity index (χ1) is 8.75. The summed E-state index contributed by atoms with van der Waals surface area (Å²) < 4.78 is 0. The Morgan fingerprint density at radius 1 is 1.39 bits per heavy atom. The summed E-state index contributed by atoms with van der Waals surface area (Å²) in [7, 11) is 0. The topological polar surface area (TPSA) is 56.9 Å². The van der Waals surface area contributed by atoms with Crippen molar-refractivity contribution in [3.05, 3.63) is 35.5 Å². The number of aromatic nitrogens is 1. The molecule has 2 aromatic rings.